The van der Waals surface area contributed by atoms with Crippen molar-refractivity contribution >= 4 is 23.2 Å². The van der Waals surface area contributed by atoms with Crippen LogP contribution in [-0.4, -0.2) is 11.1 Å². The van der Waals surface area contributed by atoms with Crippen molar-refractivity contribution < 1.29 is 9.47 Å². The molecular weight excluding hydrogens is 429 g/mol. The molecule has 164 valence electrons. The maximum atomic E-state index is 6.27. The second kappa shape index (κ2) is 10.4. The van der Waals surface area contributed by atoms with E-state index in [1.54, 1.807) is 18.2 Å². The highest BCUT2D eigenvalue weighted by Crippen LogP contribution is 2.35. The third-order valence-corrected chi connectivity index (χ3v) is 5.72. The van der Waals surface area contributed by atoms with E-state index in [1.807, 2.05) is 26.8 Å². The summed E-state index contributed by atoms with van der Waals surface area (Å²) >= 11 is 12.4. The molecule has 0 aliphatic carbocycles. The Morgan fingerprint density at radius 2 is 1.61 bits per heavy atom. The van der Waals surface area contributed by atoms with Crippen molar-refractivity contribution in [1.82, 2.24) is 4.98 Å². The molecule has 0 saturated carbocycles. The minimum atomic E-state index is 0.0234. The number of aromatic nitrogens is 1. The molecule has 31 heavy (non-hydrogen) atoms. The highest BCUT2D eigenvalue weighted by molar-refractivity contribution is 6.34. The third-order valence-electron chi connectivity index (χ3n) is 5.17. The fourth-order valence-electron chi connectivity index (χ4n) is 3.64. The van der Waals surface area contributed by atoms with Gasteiger partial charge in [0.1, 0.15) is 18.1 Å². The van der Waals surface area contributed by atoms with Crippen LogP contribution in [0.25, 0.3) is 11.3 Å². The largest absolute Gasteiger partial charge is 0.490 e. The van der Waals surface area contributed by atoms with Crippen molar-refractivity contribution in [2.75, 3.05) is 0 Å². The Hall–Kier alpha value is -2.23. The van der Waals surface area contributed by atoms with Crippen LogP contribution in [0, 0.1) is 6.92 Å². The molecule has 3 rings (SSSR count). The lowest BCUT2D eigenvalue weighted by Gasteiger charge is -2.20. The van der Waals surface area contributed by atoms with E-state index in [2.05, 4.69) is 32.0 Å². The topological polar surface area (TPSA) is 31.4 Å². The van der Waals surface area contributed by atoms with Crippen LogP contribution in [0.2, 0.25) is 10.0 Å². The molecule has 0 bridgehead atoms. The van der Waals surface area contributed by atoms with Crippen LogP contribution in [0.3, 0.4) is 0 Å². The van der Waals surface area contributed by atoms with Crippen molar-refractivity contribution in [3.63, 3.8) is 0 Å². The quantitative estimate of drug-likeness (QED) is 0.344. The zero-order valence-corrected chi connectivity index (χ0v) is 20.3. The normalized spacial score (nSPS) is 11.1. The standard InChI is InChI=1S/C26H29Cl2NO2/c1-6-18-9-8-10-19(7-2)26(18)23-14-24(31-16(3)4)21(17(5)29-23)15-30-25-13-20(27)11-12-22(25)28/h8-14,16H,6-7,15H2,1-5H3. The van der Waals surface area contributed by atoms with Gasteiger partial charge in [-0.1, -0.05) is 55.2 Å². The van der Waals surface area contributed by atoms with Crippen LogP contribution in [0.1, 0.15) is 50.1 Å². The van der Waals surface area contributed by atoms with Gasteiger partial charge in [-0.3, -0.25) is 4.98 Å². The molecule has 3 nitrogen and oxygen atoms in total. The monoisotopic (exact) mass is 457 g/mol. The summed E-state index contributed by atoms with van der Waals surface area (Å²) in [7, 11) is 0. The van der Waals surface area contributed by atoms with Crippen molar-refractivity contribution in [1.29, 1.82) is 0 Å². The fourth-order valence-corrected chi connectivity index (χ4v) is 3.98. The first-order chi connectivity index (χ1) is 14.8. The molecule has 3 aromatic rings. The van der Waals surface area contributed by atoms with E-state index in [-0.39, 0.29) is 12.7 Å². The first-order valence-electron chi connectivity index (χ1n) is 10.7. The molecule has 0 fully saturated rings. The van der Waals surface area contributed by atoms with Gasteiger partial charge in [-0.15, -0.1) is 0 Å². The molecule has 0 radical (unpaired) electrons. The second-order valence-corrected chi connectivity index (χ2v) is 8.60. The van der Waals surface area contributed by atoms with Crippen LogP contribution in [0.4, 0.5) is 0 Å². The molecule has 0 aliphatic rings. The third kappa shape index (κ3) is 5.53. The zero-order chi connectivity index (χ0) is 22.5. The summed E-state index contributed by atoms with van der Waals surface area (Å²) in [5.74, 6) is 1.32. The summed E-state index contributed by atoms with van der Waals surface area (Å²) in [5.41, 5.74) is 6.49. The molecule has 0 aliphatic heterocycles. The van der Waals surface area contributed by atoms with Crippen molar-refractivity contribution in [3.8, 4) is 22.8 Å². The lowest BCUT2D eigenvalue weighted by Crippen LogP contribution is -2.11. The molecule has 1 heterocycles. The van der Waals surface area contributed by atoms with Crippen LogP contribution < -0.4 is 9.47 Å². The molecule has 0 spiro atoms. The lowest BCUT2D eigenvalue weighted by molar-refractivity contribution is 0.229. The minimum Gasteiger partial charge on any atom is -0.490 e. The number of nitrogens with zero attached hydrogens (tertiary/aromatic N) is 1. The van der Waals surface area contributed by atoms with Gasteiger partial charge in [-0.2, -0.15) is 0 Å². The van der Waals surface area contributed by atoms with Crippen molar-refractivity contribution in [2.24, 2.45) is 0 Å². The Bertz CT molecular complexity index is 1040. The van der Waals surface area contributed by atoms with E-state index in [9.17, 15) is 0 Å². The minimum absolute atomic E-state index is 0.0234. The number of hydrogen-bond donors (Lipinski definition) is 0. The van der Waals surface area contributed by atoms with Crippen molar-refractivity contribution in [3.05, 3.63) is 74.9 Å². The number of hydrogen-bond acceptors (Lipinski definition) is 3. The first-order valence-corrected chi connectivity index (χ1v) is 11.5. The van der Waals surface area contributed by atoms with Crippen LogP contribution in [-0.2, 0) is 19.4 Å². The number of pyridine rings is 1. The summed E-state index contributed by atoms with van der Waals surface area (Å²) in [6.45, 7) is 10.7. The summed E-state index contributed by atoms with van der Waals surface area (Å²) in [4.78, 5) is 4.96. The van der Waals surface area contributed by atoms with Gasteiger partial charge in [0.15, 0.2) is 0 Å². The predicted molar refractivity (Wildman–Crippen MR) is 130 cm³/mol. The Morgan fingerprint density at radius 1 is 0.935 bits per heavy atom. The molecule has 1 aromatic heterocycles. The number of benzene rings is 2. The van der Waals surface area contributed by atoms with E-state index in [1.165, 1.54) is 16.7 Å². The average molecular weight is 458 g/mol. The highest BCUT2D eigenvalue weighted by Gasteiger charge is 2.18. The molecule has 0 unspecified atom stereocenters. The van der Waals surface area contributed by atoms with E-state index < -0.39 is 0 Å². The van der Waals surface area contributed by atoms with Gasteiger partial charge in [-0.25, -0.2) is 0 Å². The fraction of sp³-hybridized carbons (Fsp3) is 0.346. The number of halogens is 2. The van der Waals surface area contributed by atoms with E-state index in [0.29, 0.717) is 15.8 Å². The number of rotatable bonds is 8. The molecule has 5 heteroatoms. The first kappa shape index (κ1) is 23.4. The maximum Gasteiger partial charge on any atom is 0.139 e. The number of ether oxygens (including phenoxy) is 2. The van der Waals surface area contributed by atoms with Gasteiger partial charge in [0.2, 0.25) is 0 Å². The van der Waals surface area contributed by atoms with Gasteiger partial charge >= 0.3 is 0 Å². The van der Waals surface area contributed by atoms with Gasteiger partial charge in [-0.05, 0) is 56.9 Å². The van der Waals surface area contributed by atoms with Crippen LogP contribution in [0.5, 0.6) is 11.5 Å². The van der Waals surface area contributed by atoms with E-state index in [0.717, 1.165) is 35.5 Å². The Kier molecular flexibility index (Phi) is 7.85. The van der Waals surface area contributed by atoms with Gasteiger partial charge in [0.05, 0.1) is 22.4 Å². The number of aryl methyl sites for hydroxylation is 3. The summed E-state index contributed by atoms with van der Waals surface area (Å²) in [5, 5.41) is 1.09. The molecule has 0 atom stereocenters. The smallest absolute Gasteiger partial charge is 0.139 e. The molecule has 2 aromatic carbocycles. The average Bonchev–Trinajstić information content (AvgIpc) is 2.74. The SMILES string of the molecule is CCc1cccc(CC)c1-c1cc(OC(C)C)c(COc2cc(Cl)ccc2Cl)c(C)n1. The lowest BCUT2D eigenvalue weighted by atomic mass is 9.94. The van der Waals surface area contributed by atoms with E-state index in [4.69, 9.17) is 37.7 Å². The Balaban J connectivity index is 2.05. The maximum absolute atomic E-state index is 6.27. The summed E-state index contributed by atoms with van der Waals surface area (Å²) in [6.07, 6.45) is 1.92. The van der Waals surface area contributed by atoms with E-state index >= 15 is 0 Å². The predicted octanol–water partition coefficient (Wildman–Crippen LogP) is 7.85. The van der Waals surface area contributed by atoms with Crippen molar-refractivity contribution in [2.45, 2.75) is 60.2 Å². The Labute approximate surface area is 195 Å². The highest BCUT2D eigenvalue weighted by atomic mass is 35.5. The molecule has 0 amide bonds. The molecule has 0 N–H and O–H groups in total. The van der Waals surface area contributed by atoms with Crippen LogP contribution >= 0.6 is 23.2 Å². The van der Waals surface area contributed by atoms with Crippen LogP contribution in [0.15, 0.2) is 42.5 Å². The van der Waals surface area contributed by atoms with Gasteiger partial charge in [0.25, 0.3) is 0 Å². The summed E-state index contributed by atoms with van der Waals surface area (Å²) in [6, 6.07) is 13.7. The zero-order valence-electron chi connectivity index (χ0n) is 18.8. The second-order valence-electron chi connectivity index (χ2n) is 7.76. The summed E-state index contributed by atoms with van der Waals surface area (Å²) < 4.78 is 12.2. The molecule has 0 saturated heterocycles. The molecular formula is C26H29Cl2NO2. The van der Waals surface area contributed by atoms with Gasteiger partial charge < -0.3 is 9.47 Å². The Morgan fingerprint density at radius 3 is 2.23 bits per heavy atom. The van der Waals surface area contributed by atoms with Gasteiger partial charge in [0, 0.05) is 28.4 Å².